The van der Waals surface area contributed by atoms with Gasteiger partial charge >= 0.3 is 17.6 Å². The fourth-order valence-corrected chi connectivity index (χ4v) is 14.3. The Bertz CT molecular complexity index is 411. The van der Waals surface area contributed by atoms with Crippen molar-refractivity contribution in [3.05, 3.63) is 0 Å². The van der Waals surface area contributed by atoms with Gasteiger partial charge in [0.1, 0.15) is 8.24 Å². The fraction of sp³-hybridized carbons (Fsp3) is 1.00. The third-order valence-corrected chi connectivity index (χ3v) is 18.7. The first-order valence-electron chi connectivity index (χ1n) is 13.9. The number of hydrogen-bond acceptors (Lipinski definition) is 7. The highest BCUT2D eigenvalue weighted by molar-refractivity contribution is 6.77. The summed E-state index contributed by atoms with van der Waals surface area (Å²) in [5, 5.41) is 0. The van der Waals surface area contributed by atoms with Crippen molar-refractivity contribution < 1.29 is 26.6 Å². The lowest BCUT2D eigenvalue weighted by molar-refractivity contribution is 0.0702. The Kier molecular flexibility index (Phi) is 19.7. The van der Waals surface area contributed by atoms with Crippen LogP contribution < -0.4 is 0 Å². The molecule has 0 saturated heterocycles. The Hall–Kier alpha value is 0.371. The average molecular weight is 540 g/mol. The summed E-state index contributed by atoms with van der Waals surface area (Å²) >= 11 is 0. The van der Waals surface area contributed by atoms with Gasteiger partial charge in [-0.25, -0.2) is 0 Å². The highest BCUT2D eigenvalue weighted by Crippen LogP contribution is 2.28. The Balaban J connectivity index is 5.47. The van der Waals surface area contributed by atoms with Gasteiger partial charge in [0.25, 0.3) is 0 Å². The second kappa shape index (κ2) is 19.5. The molecule has 0 aromatic rings. The standard InChI is InChI=1S/C24H57NO6Si3/c1-10-26-33(27-11-2,28-12-3)23-19-21-25(32(16-7,17-8)18-9)22-20-24-34(29-13-4,30-14-5)31-15-6/h10-24H2,1-9H3. The molecule has 0 atom stereocenters. The van der Waals surface area contributed by atoms with E-state index in [1.54, 1.807) is 0 Å². The van der Waals surface area contributed by atoms with Gasteiger partial charge in [-0.1, -0.05) is 20.8 Å². The first-order chi connectivity index (χ1) is 16.4. The molecule has 0 aliphatic heterocycles. The minimum absolute atomic E-state index is 0.631. The minimum atomic E-state index is -2.61. The zero-order chi connectivity index (χ0) is 25.9. The van der Waals surface area contributed by atoms with Crippen LogP contribution in [0.15, 0.2) is 0 Å². The summed E-state index contributed by atoms with van der Waals surface area (Å²) < 4.78 is 39.5. The van der Waals surface area contributed by atoms with E-state index in [0.29, 0.717) is 39.6 Å². The lowest BCUT2D eigenvalue weighted by Gasteiger charge is -2.42. The van der Waals surface area contributed by atoms with Crippen LogP contribution in [0.3, 0.4) is 0 Å². The van der Waals surface area contributed by atoms with Crippen LogP contribution in [-0.2, 0) is 26.6 Å². The van der Waals surface area contributed by atoms with E-state index in [1.165, 1.54) is 18.1 Å². The predicted molar refractivity (Wildman–Crippen MR) is 149 cm³/mol. The van der Waals surface area contributed by atoms with Crippen molar-refractivity contribution in [3.8, 4) is 0 Å². The van der Waals surface area contributed by atoms with E-state index in [1.807, 2.05) is 41.5 Å². The number of hydrogen-bond donors (Lipinski definition) is 0. The van der Waals surface area contributed by atoms with Crippen molar-refractivity contribution in [2.75, 3.05) is 52.7 Å². The minimum Gasteiger partial charge on any atom is -0.374 e. The Morgan fingerprint density at radius 2 is 0.706 bits per heavy atom. The highest BCUT2D eigenvalue weighted by atomic mass is 28.4. The van der Waals surface area contributed by atoms with Crippen molar-refractivity contribution in [1.82, 2.24) is 4.57 Å². The van der Waals surface area contributed by atoms with Gasteiger partial charge in [-0.05, 0) is 85.6 Å². The summed E-state index contributed by atoms with van der Waals surface area (Å²) in [6.45, 7) is 25.2. The van der Waals surface area contributed by atoms with E-state index in [2.05, 4.69) is 25.3 Å². The maximum Gasteiger partial charge on any atom is 0.500 e. The van der Waals surface area contributed by atoms with Crippen molar-refractivity contribution in [2.45, 2.75) is 105 Å². The summed E-state index contributed by atoms with van der Waals surface area (Å²) in [7, 11) is -6.75. The molecule has 0 amide bonds. The molecule has 0 bridgehead atoms. The van der Waals surface area contributed by atoms with E-state index in [-0.39, 0.29) is 0 Å². The molecule has 7 nitrogen and oxygen atoms in total. The monoisotopic (exact) mass is 539 g/mol. The molecule has 0 fully saturated rings. The molecule has 206 valence electrons. The molecule has 10 heteroatoms. The summed E-state index contributed by atoms with van der Waals surface area (Å²) in [5.74, 6) is 0. The smallest absolute Gasteiger partial charge is 0.374 e. The molecule has 0 aliphatic carbocycles. The van der Waals surface area contributed by atoms with Gasteiger partial charge in [0.05, 0.1) is 0 Å². The zero-order valence-electron chi connectivity index (χ0n) is 24.0. The van der Waals surface area contributed by atoms with Gasteiger partial charge in [0.15, 0.2) is 0 Å². The van der Waals surface area contributed by atoms with Crippen LogP contribution in [-0.4, -0.2) is 83.1 Å². The molecule has 0 heterocycles. The topological polar surface area (TPSA) is 58.6 Å². The van der Waals surface area contributed by atoms with Crippen LogP contribution >= 0.6 is 0 Å². The van der Waals surface area contributed by atoms with E-state index in [4.69, 9.17) is 26.6 Å². The molecule has 0 unspecified atom stereocenters. The predicted octanol–water partition coefficient (Wildman–Crippen LogP) is 6.17. The van der Waals surface area contributed by atoms with Crippen molar-refractivity contribution in [3.63, 3.8) is 0 Å². The fourth-order valence-electron chi connectivity index (χ4n) is 4.98. The lowest BCUT2D eigenvalue weighted by Crippen LogP contribution is -2.54. The molecule has 34 heavy (non-hydrogen) atoms. The molecule has 0 spiro atoms. The van der Waals surface area contributed by atoms with E-state index >= 15 is 0 Å². The Morgan fingerprint density at radius 1 is 0.441 bits per heavy atom. The van der Waals surface area contributed by atoms with Gasteiger partial charge in [-0.2, -0.15) is 0 Å². The molecule has 0 saturated carbocycles. The third-order valence-electron chi connectivity index (χ3n) is 6.65. The maximum atomic E-state index is 6.11. The lowest BCUT2D eigenvalue weighted by atomic mass is 10.4. The molecular formula is C24H57NO6Si3. The average Bonchev–Trinajstić information content (AvgIpc) is 2.81. The van der Waals surface area contributed by atoms with Crippen LogP contribution in [0.2, 0.25) is 30.2 Å². The van der Waals surface area contributed by atoms with Gasteiger partial charge in [0, 0.05) is 51.7 Å². The van der Waals surface area contributed by atoms with Gasteiger partial charge in [-0.3, -0.25) is 0 Å². The van der Waals surface area contributed by atoms with Crippen LogP contribution in [0, 0.1) is 0 Å². The van der Waals surface area contributed by atoms with Crippen LogP contribution in [0.5, 0.6) is 0 Å². The van der Waals surface area contributed by atoms with E-state index < -0.39 is 25.8 Å². The highest BCUT2D eigenvalue weighted by Gasteiger charge is 2.42. The molecule has 0 aliphatic rings. The molecular weight excluding hydrogens is 483 g/mol. The SMILES string of the molecule is CCO[Si](CCCN(CCC[Si](OCC)(OCC)OCC)[Si](CC)(CC)CC)(OCC)OCC. The van der Waals surface area contributed by atoms with E-state index in [9.17, 15) is 0 Å². The largest absolute Gasteiger partial charge is 0.500 e. The van der Waals surface area contributed by atoms with Gasteiger partial charge < -0.3 is 31.1 Å². The first-order valence-corrected chi connectivity index (χ1v) is 20.4. The molecule has 0 N–H and O–H groups in total. The zero-order valence-corrected chi connectivity index (χ0v) is 27.0. The summed E-state index contributed by atoms with van der Waals surface area (Å²) in [6.07, 6.45) is 2.07. The second-order valence-corrected chi connectivity index (χ2v) is 19.1. The van der Waals surface area contributed by atoms with Gasteiger partial charge in [-0.15, -0.1) is 0 Å². The first kappa shape index (κ1) is 34.4. The number of rotatable bonds is 24. The Morgan fingerprint density at radius 3 is 0.912 bits per heavy atom. The summed E-state index contributed by atoms with van der Waals surface area (Å²) in [6, 6.07) is 5.56. The summed E-state index contributed by atoms with van der Waals surface area (Å²) in [5.41, 5.74) is 0. The summed E-state index contributed by atoms with van der Waals surface area (Å²) in [4.78, 5) is 0. The maximum absolute atomic E-state index is 6.11. The second-order valence-electron chi connectivity index (χ2n) is 8.44. The molecule has 0 radical (unpaired) electrons. The molecule has 0 rings (SSSR count). The normalized spacial score (nSPS) is 13.2. The van der Waals surface area contributed by atoms with Crippen LogP contribution in [0.25, 0.3) is 0 Å². The molecule has 0 aromatic heterocycles. The molecule has 0 aromatic carbocycles. The van der Waals surface area contributed by atoms with E-state index in [0.717, 1.165) is 38.0 Å². The Labute approximate surface area is 215 Å². The van der Waals surface area contributed by atoms with Crippen molar-refractivity contribution >= 4 is 25.8 Å². The number of nitrogens with zero attached hydrogens (tertiary/aromatic N) is 1. The van der Waals surface area contributed by atoms with Crippen molar-refractivity contribution in [2.24, 2.45) is 0 Å². The quantitative estimate of drug-likeness (QED) is 0.136. The van der Waals surface area contributed by atoms with Crippen LogP contribution in [0.1, 0.15) is 75.2 Å². The van der Waals surface area contributed by atoms with Gasteiger partial charge in [0.2, 0.25) is 0 Å². The van der Waals surface area contributed by atoms with Crippen LogP contribution in [0.4, 0.5) is 0 Å². The van der Waals surface area contributed by atoms with Crippen molar-refractivity contribution in [1.29, 1.82) is 0 Å². The third kappa shape index (κ3) is 11.2.